The van der Waals surface area contributed by atoms with Gasteiger partial charge in [0.25, 0.3) is 0 Å². The fourth-order valence-electron chi connectivity index (χ4n) is 1.83. The summed E-state index contributed by atoms with van der Waals surface area (Å²) >= 11 is 0. The summed E-state index contributed by atoms with van der Waals surface area (Å²) in [6.07, 6.45) is 5.05. The number of hydrogen-bond donors (Lipinski definition) is 0. The van der Waals surface area contributed by atoms with E-state index in [0.717, 1.165) is 19.3 Å². The van der Waals surface area contributed by atoms with Crippen LogP contribution in [0.15, 0.2) is 27.4 Å². The number of ether oxygens (including phenoxy) is 2. The van der Waals surface area contributed by atoms with Crippen LogP contribution in [-0.2, 0) is 4.74 Å². The van der Waals surface area contributed by atoms with Crippen LogP contribution in [0.25, 0.3) is 5.76 Å². The highest BCUT2D eigenvalue weighted by molar-refractivity contribution is 5.56. The lowest BCUT2D eigenvalue weighted by Gasteiger charge is -2.22. The van der Waals surface area contributed by atoms with Crippen molar-refractivity contribution in [3.05, 3.63) is 34.4 Å². The van der Waals surface area contributed by atoms with Crippen LogP contribution in [0.5, 0.6) is 5.75 Å². The molecule has 0 amide bonds. The summed E-state index contributed by atoms with van der Waals surface area (Å²) in [6, 6.07) is 2.98. The first-order valence-corrected chi connectivity index (χ1v) is 5.79. The molecule has 0 radical (unpaired) electrons. The van der Waals surface area contributed by atoms with E-state index in [1.807, 2.05) is 6.08 Å². The van der Waals surface area contributed by atoms with Gasteiger partial charge in [0.15, 0.2) is 11.5 Å². The topological polar surface area (TPSA) is 48.7 Å². The van der Waals surface area contributed by atoms with Gasteiger partial charge in [0.1, 0.15) is 5.75 Å². The van der Waals surface area contributed by atoms with Crippen molar-refractivity contribution in [1.82, 2.24) is 0 Å². The molecule has 1 aromatic heterocycles. The maximum atomic E-state index is 11.3. The minimum Gasteiger partial charge on any atom is -0.496 e. The molecule has 0 aromatic carbocycles. The van der Waals surface area contributed by atoms with Crippen molar-refractivity contribution in [2.24, 2.45) is 0 Å². The van der Waals surface area contributed by atoms with Gasteiger partial charge in [0.05, 0.1) is 19.3 Å². The summed E-state index contributed by atoms with van der Waals surface area (Å²) in [5, 5.41) is 0. The molecule has 1 atom stereocenters. The number of methoxy groups -OCH3 is 1. The van der Waals surface area contributed by atoms with E-state index in [9.17, 15) is 4.79 Å². The van der Waals surface area contributed by atoms with Crippen LogP contribution < -0.4 is 10.4 Å². The molecule has 0 bridgehead atoms. The molecule has 0 saturated heterocycles. The lowest BCUT2D eigenvalue weighted by molar-refractivity contribution is 0.137. The highest BCUT2D eigenvalue weighted by Crippen LogP contribution is 2.27. The lowest BCUT2D eigenvalue weighted by Crippen LogP contribution is -2.15. The van der Waals surface area contributed by atoms with Crippen molar-refractivity contribution < 1.29 is 13.9 Å². The van der Waals surface area contributed by atoms with Crippen LogP contribution in [0.4, 0.5) is 0 Å². The van der Waals surface area contributed by atoms with Gasteiger partial charge in [-0.05, 0) is 25.3 Å². The molecule has 0 fully saturated rings. The Morgan fingerprint density at radius 3 is 3.00 bits per heavy atom. The maximum Gasteiger partial charge on any atom is 0.340 e. The summed E-state index contributed by atoms with van der Waals surface area (Å²) in [6.45, 7) is 2.08. The lowest BCUT2D eigenvalue weighted by atomic mass is 10.1. The molecule has 0 saturated carbocycles. The van der Waals surface area contributed by atoms with Crippen LogP contribution in [0.3, 0.4) is 0 Å². The van der Waals surface area contributed by atoms with Gasteiger partial charge in [0, 0.05) is 6.07 Å². The van der Waals surface area contributed by atoms with Crippen LogP contribution in [0.1, 0.15) is 31.9 Å². The van der Waals surface area contributed by atoms with E-state index in [1.54, 1.807) is 6.07 Å². The largest absolute Gasteiger partial charge is 0.496 e. The van der Waals surface area contributed by atoms with Crippen LogP contribution in [0, 0.1) is 0 Å². The molecule has 0 unspecified atom stereocenters. The van der Waals surface area contributed by atoms with Gasteiger partial charge in [0.2, 0.25) is 0 Å². The molecule has 0 spiro atoms. The summed E-state index contributed by atoms with van der Waals surface area (Å²) in [5.74, 6) is 1.56. The van der Waals surface area contributed by atoms with Gasteiger partial charge in [-0.1, -0.05) is 6.92 Å². The molecule has 92 valence electrons. The summed E-state index contributed by atoms with van der Waals surface area (Å²) in [5.41, 5.74) is -0.428. The minimum atomic E-state index is -0.428. The summed E-state index contributed by atoms with van der Waals surface area (Å²) in [7, 11) is 1.52. The molecular formula is C13H16O4. The molecule has 1 aliphatic heterocycles. The molecule has 4 nitrogen and oxygen atoms in total. The van der Waals surface area contributed by atoms with Gasteiger partial charge in [-0.15, -0.1) is 0 Å². The zero-order chi connectivity index (χ0) is 12.3. The molecule has 0 N–H and O–H groups in total. The van der Waals surface area contributed by atoms with E-state index in [-0.39, 0.29) is 6.10 Å². The standard InChI is InChI=1S/C13H16O4/c1-3-9-5-4-6-11(16-9)12-7-10(15-2)8-13(14)17-12/h6-9H,3-5H2,1-2H3/t9-/m0/s1. The van der Waals surface area contributed by atoms with Crippen molar-refractivity contribution >= 4 is 5.76 Å². The highest BCUT2D eigenvalue weighted by atomic mass is 16.5. The normalized spacial score (nSPS) is 19.4. The fourth-order valence-corrected chi connectivity index (χ4v) is 1.83. The van der Waals surface area contributed by atoms with Gasteiger partial charge in [-0.25, -0.2) is 4.79 Å². The second-order valence-electron chi connectivity index (χ2n) is 3.97. The predicted molar refractivity (Wildman–Crippen MR) is 63.9 cm³/mol. The summed E-state index contributed by atoms with van der Waals surface area (Å²) < 4.78 is 15.9. The van der Waals surface area contributed by atoms with Crippen LogP contribution >= 0.6 is 0 Å². The Morgan fingerprint density at radius 2 is 2.29 bits per heavy atom. The monoisotopic (exact) mass is 236 g/mol. The minimum absolute atomic E-state index is 0.200. The third-order valence-corrected chi connectivity index (χ3v) is 2.79. The van der Waals surface area contributed by atoms with Crippen molar-refractivity contribution in [2.75, 3.05) is 7.11 Å². The maximum absolute atomic E-state index is 11.3. The predicted octanol–water partition coefficient (Wildman–Crippen LogP) is 2.58. The van der Waals surface area contributed by atoms with Crippen molar-refractivity contribution in [3.63, 3.8) is 0 Å². The van der Waals surface area contributed by atoms with E-state index >= 15 is 0 Å². The Balaban J connectivity index is 2.30. The average molecular weight is 236 g/mol. The van der Waals surface area contributed by atoms with Gasteiger partial charge >= 0.3 is 5.63 Å². The Morgan fingerprint density at radius 1 is 1.47 bits per heavy atom. The Hall–Kier alpha value is -1.71. The zero-order valence-corrected chi connectivity index (χ0v) is 10.1. The Bertz CT molecular complexity index is 473. The molecule has 2 rings (SSSR count). The Labute approximate surface area is 99.8 Å². The first-order valence-electron chi connectivity index (χ1n) is 5.79. The number of rotatable bonds is 3. The van der Waals surface area contributed by atoms with Gasteiger partial charge in [-0.2, -0.15) is 0 Å². The van der Waals surface area contributed by atoms with E-state index in [2.05, 4.69) is 6.92 Å². The Kier molecular flexibility index (Phi) is 3.52. The van der Waals surface area contributed by atoms with Gasteiger partial charge < -0.3 is 13.9 Å². The first-order chi connectivity index (χ1) is 8.22. The molecule has 4 heteroatoms. The van der Waals surface area contributed by atoms with Crippen molar-refractivity contribution in [1.29, 1.82) is 0 Å². The van der Waals surface area contributed by atoms with E-state index in [1.165, 1.54) is 13.2 Å². The van der Waals surface area contributed by atoms with E-state index in [4.69, 9.17) is 13.9 Å². The average Bonchev–Trinajstić information content (AvgIpc) is 2.38. The van der Waals surface area contributed by atoms with E-state index in [0.29, 0.717) is 17.3 Å². The molecule has 0 aliphatic carbocycles. The number of hydrogen-bond acceptors (Lipinski definition) is 4. The third kappa shape index (κ3) is 2.70. The second kappa shape index (κ2) is 5.08. The van der Waals surface area contributed by atoms with Crippen molar-refractivity contribution in [3.8, 4) is 5.75 Å². The zero-order valence-electron chi connectivity index (χ0n) is 10.1. The highest BCUT2D eigenvalue weighted by Gasteiger charge is 2.18. The molecular weight excluding hydrogens is 220 g/mol. The SMILES string of the molecule is CC[C@H]1CCC=C(c2cc(OC)cc(=O)o2)O1. The van der Waals surface area contributed by atoms with E-state index < -0.39 is 5.63 Å². The van der Waals surface area contributed by atoms with Crippen molar-refractivity contribution in [2.45, 2.75) is 32.3 Å². The molecule has 2 heterocycles. The fraction of sp³-hybridized carbons (Fsp3) is 0.462. The quantitative estimate of drug-likeness (QED) is 0.809. The van der Waals surface area contributed by atoms with Gasteiger partial charge in [-0.3, -0.25) is 0 Å². The first kappa shape index (κ1) is 11.8. The van der Waals surface area contributed by atoms with Crippen LogP contribution in [0.2, 0.25) is 0 Å². The molecule has 1 aromatic rings. The second-order valence-corrected chi connectivity index (χ2v) is 3.97. The molecule has 17 heavy (non-hydrogen) atoms. The number of allylic oxidation sites excluding steroid dienone is 1. The smallest absolute Gasteiger partial charge is 0.340 e. The third-order valence-electron chi connectivity index (χ3n) is 2.79. The van der Waals surface area contributed by atoms with Crippen LogP contribution in [-0.4, -0.2) is 13.2 Å². The summed E-state index contributed by atoms with van der Waals surface area (Å²) in [4.78, 5) is 11.3. The molecule has 1 aliphatic rings.